The van der Waals surface area contributed by atoms with Crippen molar-refractivity contribution >= 4 is 29.2 Å². The van der Waals surface area contributed by atoms with Crippen LogP contribution in [0.1, 0.15) is 20.8 Å². The second-order valence-electron chi connectivity index (χ2n) is 5.98. The molecule has 1 aromatic heterocycles. The number of pyridine rings is 1. The summed E-state index contributed by atoms with van der Waals surface area (Å²) in [6.07, 6.45) is 0.580. The van der Waals surface area contributed by atoms with Crippen molar-refractivity contribution in [2.24, 2.45) is 0 Å². The number of carbonyl (C=O) groups is 1. The second-order valence-corrected chi connectivity index (χ2v) is 6.39. The summed E-state index contributed by atoms with van der Waals surface area (Å²) in [5.74, 6) is 0.387. The van der Waals surface area contributed by atoms with Crippen molar-refractivity contribution in [2.45, 2.75) is 26.4 Å². The number of aromatic nitrogens is 1. The van der Waals surface area contributed by atoms with Gasteiger partial charge in [0, 0.05) is 12.1 Å². The third kappa shape index (κ3) is 5.61. The molecule has 1 aromatic carbocycles. The van der Waals surface area contributed by atoms with Crippen LogP contribution in [0.4, 0.5) is 16.3 Å². The van der Waals surface area contributed by atoms with Gasteiger partial charge in [-0.2, -0.15) is 0 Å². The molecule has 0 unspecified atom stereocenters. The summed E-state index contributed by atoms with van der Waals surface area (Å²) < 4.78 is 10.7. The van der Waals surface area contributed by atoms with Gasteiger partial charge in [-0.25, -0.2) is 4.79 Å². The fourth-order valence-corrected chi connectivity index (χ4v) is 1.92. The van der Waals surface area contributed by atoms with E-state index in [1.807, 2.05) is 0 Å². The first-order chi connectivity index (χ1) is 11.6. The molecule has 9 heteroatoms. The molecule has 0 bridgehead atoms. The minimum absolute atomic E-state index is 0.282. The van der Waals surface area contributed by atoms with Gasteiger partial charge in [0.05, 0.1) is 10.7 Å². The molecule has 2 aromatic rings. The monoisotopic (exact) mass is 365 g/mol. The van der Waals surface area contributed by atoms with Crippen LogP contribution < -0.4 is 10.1 Å². The molecule has 25 heavy (non-hydrogen) atoms. The second kappa shape index (κ2) is 7.35. The van der Waals surface area contributed by atoms with Crippen LogP contribution in [0.25, 0.3) is 0 Å². The van der Waals surface area contributed by atoms with Crippen LogP contribution in [0.15, 0.2) is 36.5 Å². The molecule has 1 N–H and O–H groups in total. The number of carbonyl (C=O) groups excluding carboxylic acids is 1. The highest BCUT2D eigenvalue weighted by atomic mass is 35.5. The zero-order valence-corrected chi connectivity index (χ0v) is 14.5. The molecular weight excluding hydrogens is 350 g/mol. The lowest BCUT2D eigenvalue weighted by Gasteiger charge is -2.20. The van der Waals surface area contributed by atoms with Gasteiger partial charge >= 0.3 is 11.9 Å². The minimum atomic E-state index is -0.649. The molecule has 132 valence electrons. The summed E-state index contributed by atoms with van der Waals surface area (Å²) in [7, 11) is 0. The largest absolute Gasteiger partial charge is 0.453 e. The van der Waals surface area contributed by atoms with Crippen molar-refractivity contribution in [1.82, 2.24) is 4.98 Å². The molecule has 8 nitrogen and oxygen atoms in total. The molecule has 0 radical (unpaired) electrons. The van der Waals surface area contributed by atoms with Crippen LogP contribution in [0, 0.1) is 10.1 Å². The van der Waals surface area contributed by atoms with Crippen molar-refractivity contribution in [3.05, 3.63) is 51.7 Å². The standard InChI is InChI=1S/C16H16ClN3O5/c1-16(2,3)25-15(21)19-13-8-10(4-6-12(13)17)24-11-5-7-14(18-9-11)20(22)23/h4-9H,1-3H3,(H,19,21). The number of nitrogens with one attached hydrogen (secondary N) is 1. The van der Waals surface area contributed by atoms with Crippen LogP contribution >= 0.6 is 11.6 Å². The number of anilines is 1. The van der Waals surface area contributed by atoms with Crippen molar-refractivity contribution in [3.8, 4) is 11.5 Å². The first-order valence-electron chi connectivity index (χ1n) is 7.22. The van der Waals surface area contributed by atoms with Gasteiger partial charge in [0.2, 0.25) is 0 Å². The Morgan fingerprint density at radius 1 is 1.24 bits per heavy atom. The Kier molecular flexibility index (Phi) is 5.43. The lowest BCUT2D eigenvalue weighted by Crippen LogP contribution is -2.27. The Hall–Kier alpha value is -2.87. The number of halogens is 1. The number of amides is 1. The predicted octanol–water partition coefficient (Wildman–Crippen LogP) is 4.78. The Balaban J connectivity index is 2.12. The lowest BCUT2D eigenvalue weighted by molar-refractivity contribution is -0.389. The predicted molar refractivity (Wildman–Crippen MR) is 92.3 cm³/mol. The summed E-state index contributed by atoms with van der Waals surface area (Å²) in [4.78, 5) is 25.5. The summed E-state index contributed by atoms with van der Waals surface area (Å²) in [5, 5.41) is 13.4. The van der Waals surface area contributed by atoms with Crippen LogP contribution in [0.5, 0.6) is 11.5 Å². The van der Waals surface area contributed by atoms with Crippen LogP contribution in [-0.2, 0) is 4.74 Å². The summed E-state index contributed by atoms with van der Waals surface area (Å²) in [6.45, 7) is 5.24. The van der Waals surface area contributed by atoms with Crippen molar-refractivity contribution in [3.63, 3.8) is 0 Å². The lowest BCUT2D eigenvalue weighted by atomic mass is 10.2. The Bertz CT molecular complexity index is 787. The molecule has 0 saturated heterocycles. The van der Waals surface area contributed by atoms with Crippen molar-refractivity contribution in [2.75, 3.05) is 5.32 Å². The normalized spacial score (nSPS) is 10.9. The van der Waals surface area contributed by atoms with Gasteiger partial charge in [-0.15, -0.1) is 0 Å². The maximum absolute atomic E-state index is 11.8. The van der Waals surface area contributed by atoms with E-state index in [4.69, 9.17) is 21.1 Å². The smallest absolute Gasteiger partial charge is 0.412 e. The van der Waals surface area contributed by atoms with E-state index < -0.39 is 16.6 Å². The molecule has 0 aliphatic heterocycles. The van der Waals surface area contributed by atoms with Gasteiger partial charge in [0.25, 0.3) is 0 Å². The highest BCUT2D eigenvalue weighted by molar-refractivity contribution is 6.33. The maximum Gasteiger partial charge on any atom is 0.412 e. The quantitative estimate of drug-likeness (QED) is 0.617. The molecular formula is C16H16ClN3O5. The Labute approximate surface area is 148 Å². The molecule has 2 rings (SSSR count). The molecule has 1 heterocycles. The van der Waals surface area contributed by atoms with Crippen molar-refractivity contribution < 1.29 is 19.2 Å². The van der Waals surface area contributed by atoms with Gasteiger partial charge in [0.1, 0.15) is 11.4 Å². The van der Waals surface area contributed by atoms with Gasteiger partial charge in [-0.3, -0.25) is 5.32 Å². The van der Waals surface area contributed by atoms with Crippen LogP contribution in [0.2, 0.25) is 5.02 Å². The van der Waals surface area contributed by atoms with E-state index >= 15 is 0 Å². The SMILES string of the molecule is CC(C)(C)OC(=O)Nc1cc(Oc2ccc([N+](=O)[O-])nc2)ccc1Cl. The van der Waals surface area contributed by atoms with Gasteiger partial charge in [0.15, 0.2) is 11.9 Å². The highest BCUT2D eigenvalue weighted by Crippen LogP contribution is 2.30. The highest BCUT2D eigenvalue weighted by Gasteiger charge is 2.17. The number of nitrogens with zero attached hydrogens (tertiary/aromatic N) is 2. The van der Waals surface area contributed by atoms with Crippen molar-refractivity contribution in [1.29, 1.82) is 0 Å². The van der Waals surface area contributed by atoms with E-state index in [0.29, 0.717) is 22.2 Å². The molecule has 0 aliphatic carbocycles. The first-order valence-corrected chi connectivity index (χ1v) is 7.60. The van der Waals surface area contributed by atoms with Crippen LogP contribution in [-0.4, -0.2) is 21.6 Å². The summed E-state index contributed by atoms with van der Waals surface area (Å²) in [5.41, 5.74) is -0.335. The number of hydrogen-bond donors (Lipinski definition) is 1. The zero-order chi connectivity index (χ0) is 18.6. The van der Waals surface area contributed by atoms with Gasteiger partial charge in [-0.05, 0) is 48.9 Å². The average Bonchev–Trinajstić information content (AvgIpc) is 2.49. The fraction of sp³-hybridized carbons (Fsp3) is 0.250. The first kappa shape index (κ1) is 18.5. The third-order valence-electron chi connectivity index (χ3n) is 2.72. The van der Waals surface area contributed by atoms with Gasteiger partial charge < -0.3 is 19.6 Å². The average molecular weight is 366 g/mol. The minimum Gasteiger partial charge on any atom is -0.453 e. The molecule has 0 atom stereocenters. The Morgan fingerprint density at radius 2 is 1.92 bits per heavy atom. The molecule has 0 fully saturated rings. The third-order valence-corrected chi connectivity index (χ3v) is 3.05. The summed E-state index contributed by atoms with van der Waals surface area (Å²) >= 11 is 6.06. The number of benzene rings is 1. The zero-order valence-electron chi connectivity index (χ0n) is 13.8. The van der Waals surface area contributed by atoms with E-state index in [2.05, 4.69) is 10.3 Å². The van der Waals surface area contributed by atoms with Gasteiger partial charge in [-0.1, -0.05) is 11.6 Å². The Morgan fingerprint density at radius 3 is 2.48 bits per heavy atom. The van der Waals surface area contributed by atoms with E-state index in [9.17, 15) is 14.9 Å². The molecule has 0 spiro atoms. The summed E-state index contributed by atoms with van der Waals surface area (Å²) in [6, 6.07) is 7.28. The number of hydrogen-bond acceptors (Lipinski definition) is 6. The fourth-order valence-electron chi connectivity index (χ4n) is 1.75. The topological polar surface area (TPSA) is 104 Å². The van der Waals surface area contributed by atoms with E-state index in [-0.39, 0.29) is 5.82 Å². The number of nitro groups is 1. The molecule has 0 saturated carbocycles. The number of rotatable bonds is 4. The number of ether oxygens (including phenoxy) is 2. The maximum atomic E-state index is 11.8. The van der Waals surface area contributed by atoms with E-state index in [1.165, 1.54) is 24.4 Å². The molecule has 0 aliphatic rings. The van der Waals surface area contributed by atoms with Crippen LogP contribution in [0.3, 0.4) is 0 Å². The van der Waals surface area contributed by atoms with E-state index in [0.717, 1.165) is 0 Å². The van der Waals surface area contributed by atoms with E-state index in [1.54, 1.807) is 32.9 Å². The molecule has 1 amide bonds.